The number of nitrogens with one attached hydrogen (secondary N) is 2. The van der Waals surface area contributed by atoms with Crippen LogP contribution in [0, 0.1) is 0 Å². The Morgan fingerprint density at radius 1 is 1.07 bits per heavy atom. The predicted octanol–water partition coefficient (Wildman–Crippen LogP) is 4.14. The Morgan fingerprint density at radius 3 is 2.44 bits per heavy atom. The maximum Gasteiger partial charge on any atom is 0.284 e. The fraction of sp³-hybridized carbons (Fsp3) is 0.476. The number of hydrogen-bond acceptors (Lipinski definition) is 5. The van der Waals surface area contributed by atoms with E-state index in [1.165, 1.54) is 49.3 Å². The van der Waals surface area contributed by atoms with Gasteiger partial charge in [-0.2, -0.15) is 0 Å². The van der Waals surface area contributed by atoms with Crippen molar-refractivity contribution < 1.29 is 10.0 Å². The Bertz CT molecular complexity index is 679. The van der Waals surface area contributed by atoms with Crippen LogP contribution < -0.4 is 10.8 Å². The fourth-order valence-corrected chi connectivity index (χ4v) is 4.01. The highest BCUT2D eigenvalue weighted by molar-refractivity contribution is 7.17. The molecule has 1 fully saturated rings. The van der Waals surface area contributed by atoms with Crippen LogP contribution >= 0.6 is 11.3 Å². The van der Waals surface area contributed by atoms with Gasteiger partial charge in [-0.15, -0.1) is 11.3 Å². The second-order valence-electron chi connectivity index (χ2n) is 6.38. The molecule has 2 heterocycles. The molecule has 5 nitrogen and oxygen atoms in total. The van der Waals surface area contributed by atoms with Crippen LogP contribution in [0.4, 0.5) is 0 Å². The summed E-state index contributed by atoms with van der Waals surface area (Å²) in [5.74, 6) is -0.467. The summed E-state index contributed by atoms with van der Waals surface area (Å²) in [6.45, 7) is 9.51. The molecule has 1 aromatic carbocycles. The highest BCUT2D eigenvalue weighted by Crippen LogP contribution is 2.28. The Kier molecular flexibility index (Phi) is 9.48. The zero-order valence-electron chi connectivity index (χ0n) is 16.3. The molecule has 0 spiro atoms. The third kappa shape index (κ3) is 6.74. The van der Waals surface area contributed by atoms with Gasteiger partial charge in [0.15, 0.2) is 0 Å². The van der Waals surface area contributed by atoms with E-state index in [-0.39, 0.29) is 0 Å². The first-order valence-electron chi connectivity index (χ1n) is 9.83. The highest BCUT2D eigenvalue weighted by atomic mass is 32.1. The Labute approximate surface area is 166 Å². The summed E-state index contributed by atoms with van der Waals surface area (Å²) in [6.07, 6.45) is 4.06. The number of amides is 1. The summed E-state index contributed by atoms with van der Waals surface area (Å²) in [4.78, 5) is 15.5. The topological polar surface area (TPSA) is 64.6 Å². The van der Waals surface area contributed by atoms with E-state index in [0.29, 0.717) is 4.88 Å². The molecule has 3 N–H and O–H groups in total. The zero-order valence-corrected chi connectivity index (χ0v) is 17.1. The number of carbonyl (C=O) groups is 1. The molecular weight excluding hydrogens is 358 g/mol. The number of hydrogen-bond donors (Lipinski definition) is 3. The van der Waals surface area contributed by atoms with Crippen LogP contribution in [0.3, 0.4) is 0 Å². The molecule has 0 radical (unpaired) electrons. The van der Waals surface area contributed by atoms with Crippen molar-refractivity contribution in [2.75, 3.05) is 26.2 Å². The van der Waals surface area contributed by atoms with Crippen molar-refractivity contribution in [2.45, 2.75) is 39.7 Å². The molecule has 0 atom stereocenters. The molecule has 0 aliphatic carbocycles. The normalized spacial score (nSPS) is 14.3. The minimum atomic E-state index is -0.467. The maximum absolute atomic E-state index is 11.4. The first-order chi connectivity index (χ1) is 13.3. The molecule has 0 bridgehead atoms. The van der Waals surface area contributed by atoms with Crippen LogP contribution in [-0.4, -0.2) is 42.2 Å². The number of rotatable bonds is 7. The second kappa shape index (κ2) is 11.9. The summed E-state index contributed by atoms with van der Waals surface area (Å²) in [5, 5.41) is 12.2. The molecule has 1 saturated heterocycles. The van der Waals surface area contributed by atoms with E-state index in [1.54, 1.807) is 11.5 Å². The van der Waals surface area contributed by atoms with E-state index in [0.717, 1.165) is 30.1 Å². The smallest absolute Gasteiger partial charge is 0.284 e. The molecule has 27 heavy (non-hydrogen) atoms. The van der Waals surface area contributed by atoms with E-state index in [4.69, 9.17) is 5.21 Å². The van der Waals surface area contributed by atoms with Gasteiger partial charge in [0.25, 0.3) is 5.91 Å². The lowest BCUT2D eigenvalue weighted by Crippen LogP contribution is -2.35. The molecule has 0 saturated carbocycles. The van der Waals surface area contributed by atoms with E-state index >= 15 is 0 Å². The number of nitrogens with zero attached hydrogens (tertiary/aromatic N) is 1. The summed E-state index contributed by atoms with van der Waals surface area (Å²) in [7, 11) is 0. The number of likely N-dealkylation sites (tertiary alicyclic amines) is 1. The van der Waals surface area contributed by atoms with E-state index in [9.17, 15) is 4.79 Å². The van der Waals surface area contributed by atoms with Gasteiger partial charge in [-0.3, -0.25) is 10.0 Å². The van der Waals surface area contributed by atoms with Crippen molar-refractivity contribution in [3.05, 3.63) is 46.8 Å². The average molecular weight is 390 g/mol. The summed E-state index contributed by atoms with van der Waals surface area (Å²) in [6, 6.07) is 12.0. The first kappa shape index (κ1) is 21.6. The summed E-state index contributed by atoms with van der Waals surface area (Å²) in [5.41, 5.74) is 4.01. The van der Waals surface area contributed by atoms with Crippen molar-refractivity contribution in [1.82, 2.24) is 15.7 Å². The van der Waals surface area contributed by atoms with Gasteiger partial charge in [0.2, 0.25) is 0 Å². The minimum Gasteiger partial charge on any atom is -0.311 e. The third-order valence-electron chi connectivity index (χ3n) is 4.55. The monoisotopic (exact) mass is 389 g/mol. The van der Waals surface area contributed by atoms with Gasteiger partial charge in [-0.1, -0.05) is 44.5 Å². The van der Waals surface area contributed by atoms with Crippen molar-refractivity contribution in [3.8, 4) is 10.4 Å². The van der Waals surface area contributed by atoms with E-state index < -0.39 is 5.91 Å². The number of thiophene rings is 1. The summed E-state index contributed by atoms with van der Waals surface area (Å²) >= 11 is 1.37. The van der Waals surface area contributed by atoms with Gasteiger partial charge < -0.3 is 10.2 Å². The number of carbonyl (C=O) groups excluding carboxylic acids is 1. The quantitative estimate of drug-likeness (QED) is 0.378. The van der Waals surface area contributed by atoms with Crippen molar-refractivity contribution >= 4 is 17.2 Å². The summed E-state index contributed by atoms with van der Waals surface area (Å²) < 4.78 is 0. The number of hydroxylamine groups is 1. The zero-order chi connectivity index (χ0) is 19.5. The lowest BCUT2D eigenvalue weighted by molar-refractivity contribution is 0.0711. The second-order valence-corrected chi connectivity index (χ2v) is 7.46. The standard InChI is InChI=1S/C19H25N3O2S.C2H6/c23-19(21-24)18-9-8-17(25-18)16-6-4-15(5-7-16)14-20-10-13-22-11-2-1-3-12-22;1-2/h4-9,20,24H,1-3,10-14H2,(H,21,23);1-2H3. The average Bonchev–Trinajstić information content (AvgIpc) is 3.24. The van der Waals surface area contributed by atoms with Crippen LogP contribution in [0.15, 0.2) is 36.4 Å². The Morgan fingerprint density at radius 2 is 1.78 bits per heavy atom. The minimum absolute atomic E-state index is 0.467. The maximum atomic E-state index is 11.4. The largest absolute Gasteiger partial charge is 0.311 e. The van der Waals surface area contributed by atoms with Gasteiger partial charge in [0.05, 0.1) is 4.88 Å². The van der Waals surface area contributed by atoms with Crippen LogP contribution in [0.5, 0.6) is 0 Å². The molecule has 1 aliphatic heterocycles. The fourth-order valence-electron chi connectivity index (χ4n) is 3.11. The molecule has 0 unspecified atom stereocenters. The first-order valence-corrected chi connectivity index (χ1v) is 10.6. The SMILES string of the molecule is CC.O=C(NO)c1ccc(-c2ccc(CNCCN3CCCCC3)cc2)s1. The molecular formula is C21H31N3O2S. The highest BCUT2D eigenvalue weighted by Gasteiger charge is 2.10. The van der Waals surface area contributed by atoms with Crippen LogP contribution in [0.2, 0.25) is 0 Å². The Hall–Kier alpha value is -1.73. The predicted molar refractivity (Wildman–Crippen MR) is 112 cm³/mol. The third-order valence-corrected chi connectivity index (χ3v) is 5.69. The van der Waals surface area contributed by atoms with Crippen molar-refractivity contribution in [3.63, 3.8) is 0 Å². The van der Waals surface area contributed by atoms with Gasteiger partial charge in [-0.25, -0.2) is 5.48 Å². The molecule has 1 aliphatic rings. The molecule has 2 aromatic rings. The molecule has 1 aromatic heterocycles. The van der Waals surface area contributed by atoms with Gasteiger partial charge in [0.1, 0.15) is 0 Å². The molecule has 3 rings (SSSR count). The van der Waals surface area contributed by atoms with Crippen LogP contribution in [0.25, 0.3) is 10.4 Å². The number of piperidine rings is 1. The van der Waals surface area contributed by atoms with Gasteiger partial charge in [0, 0.05) is 24.5 Å². The lowest BCUT2D eigenvalue weighted by atomic mass is 10.1. The Balaban J connectivity index is 0.00000126. The molecule has 148 valence electrons. The number of benzene rings is 1. The van der Waals surface area contributed by atoms with Crippen molar-refractivity contribution in [1.29, 1.82) is 0 Å². The van der Waals surface area contributed by atoms with E-state index in [1.807, 2.05) is 19.9 Å². The van der Waals surface area contributed by atoms with Gasteiger partial charge in [-0.05, 0) is 49.2 Å². The van der Waals surface area contributed by atoms with Crippen molar-refractivity contribution in [2.24, 2.45) is 0 Å². The molecule has 6 heteroatoms. The van der Waals surface area contributed by atoms with Crippen LogP contribution in [-0.2, 0) is 6.54 Å². The lowest BCUT2D eigenvalue weighted by Gasteiger charge is -2.26. The van der Waals surface area contributed by atoms with E-state index in [2.05, 4.69) is 34.5 Å². The van der Waals surface area contributed by atoms with Gasteiger partial charge >= 0.3 is 0 Å². The molecule has 1 amide bonds. The van der Waals surface area contributed by atoms with Crippen LogP contribution in [0.1, 0.15) is 48.3 Å².